The minimum atomic E-state index is -1.47. The molecule has 0 aliphatic rings. The smallest absolute Gasteiger partial charge is 0.180 e. The molecule has 2 nitrogen and oxygen atoms in total. The van der Waals surface area contributed by atoms with Crippen molar-refractivity contribution < 1.29 is 18.4 Å². The van der Waals surface area contributed by atoms with Gasteiger partial charge in [0.1, 0.15) is 5.02 Å². The summed E-state index contributed by atoms with van der Waals surface area (Å²) in [6.45, 7) is -0.433. The van der Waals surface area contributed by atoms with Gasteiger partial charge in [-0.1, -0.05) is 11.6 Å². The third kappa shape index (κ3) is 1.88. The molecule has 0 fully saturated rings. The van der Waals surface area contributed by atoms with Crippen LogP contribution in [-0.4, -0.2) is 5.21 Å². The van der Waals surface area contributed by atoms with E-state index in [0.29, 0.717) is 0 Å². The summed E-state index contributed by atoms with van der Waals surface area (Å²) in [4.78, 5) is 0. The van der Waals surface area contributed by atoms with Gasteiger partial charge in [-0.15, -0.1) is 0 Å². The third-order valence-corrected chi connectivity index (χ3v) is 2.72. The zero-order valence-electron chi connectivity index (χ0n) is 6.54. The summed E-state index contributed by atoms with van der Waals surface area (Å²) < 4.78 is 38.7. The van der Waals surface area contributed by atoms with Crippen molar-refractivity contribution in [1.82, 2.24) is 5.48 Å². The summed E-state index contributed by atoms with van der Waals surface area (Å²) in [7, 11) is 0. The molecular weight excluding hydrogens is 286 g/mol. The first kappa shape index (κ1) is 11.8. The predicted octanol–water partition coefficient (Wildman–Crippen LogP) is 3.00. The minimum Gasteiger partial charge on any atom is -0.316 e. The molecule has 0 unspecified atom stereocenters. The average molecular weight is 290 g/mol. The fourth-order valence-corrected chi connectivity index (χ4v) is 1.69. The Labute approximate surface area is 90.8 Å². The molecule has 0 atom stereocenters. The Hall–Kier alpha value is -0.300. The molecule has 1 rings (SSSR count). The molecule has 0 heterocycles. The minimum absolute atomic E-state index is 0.317. The SMILES string of the molecule is ONCc1c(F)c(F)c(Cl)c(F)c1Br. The monoisotopic (exact) mass is 289 g/mol. The van der Waals surface area contributed by atoms with Gasteiger partial charge in [-0.2, -0.15) is 0 Å². The van der Waals surface area contributed by atoms with Crippen LogP contribution in [0.3, 0.4) is 0 Å². The van der Waals surface area contributed by atoms with Crippen molar-refractivity contribution in [2.24, 2.45) is 0 Å². The molecule has 1 aromatic carbocycles. The van der Waals surface area contributed by atoms with Gasteiger partial charge in [0.25, 0.3) is 0 Å². The lowest BCUT2D eigenvalue weighted by Gasteiger charge is -2.08. The van der Waals surface area contributed by atoms with Crippen LogP contribution in [0.4, 0.5) is 13.2 Å². The van der Waals surface area contributed by atoms with E-state index in [4.69, 9.17) is 16.8 Å². The molecule has 7 heteroatoms. The molecule has 0 saturated heterocycles. The fourth-order valence-electron chi connectivity index (χ4n) is 0.885. The molecule has 0 spiro atoms. The van der Waals surface area contributed by atoms with Gasteiger partial charge in [0.2, 0.25) is 0 Å². The van der Waals surface area contributed by atoms with Crippen LogP contribution in [0.25, 0.3) is 0 Å². The summed E-state index contributed by atoms with van der Waals surface area (Å²) in [6.07, 6.45) is 0. The van der Waals surface area contributed by atoms with Gasteiger partial charge >= 0.3 is 0 Å². The number of hydrogen-bond donors (Lipinski definition) is 2. The van der Waals surface area contributed by atoms with Crippen molar-refractivity contribution in [1.29, 1.82) is 0 Å². The molecule has 0 bridgehead atoms. The first-order valence-electron chi connectivity index (χ1n) is 3.38. The van der Waals surface area contributed by atoms with Crippen molar-refractivity contribution in [3.8, 4) is 0 Å². The molecule has 14 heavy (non-hydrogen) atoms. The highest BCUT2D eigenvalue weighted by atomic mass is 79.9. The highest BCUT2D eigenvalue weighted by molar-refractivity contribution is 9.10. The van der Waals surface area contributed by atoms with E-state index in [2.05, 4.69) is 15.9 Å². The topological polar surface area (TPSA) is 32.3 Å². The van der Waals surface area contributed by atoms with Crippen LogP contribution in [0.1, 0.15) is 5.56 Å². The standard InChI is InChI=1S/C7H4BrClF3NO/c8-3-2(1-13-14)5(10)7(12)4(9)6(3)11/h13-14H,1H2. The first-order chi connectivity index (χ1) is 6.50. The number of halogens is 5. The lowest BCUT2D eigenvalue weighted by atomic mass is 10.2. The van der Waals surface area contributed by atoms with Gasteiger partial charge < -0.3 is 5.21 Å². The van der Waals surface area contributed by atoms with Crippen molar-refractivity contribution in [2.45, 2.75) is 6.54 Å². The summed E-state index contributed by atoms with van der Waals surface area (Å²) in [5, 5.41) is 7.38. The number of rotatable bonds is 2. The zero-order valence-corrected chi connectivity index (χ0v) is 8.89. The largest absolute Gasteiger partial charge is 0.316 e. The van der Waals surface area contributed by atoms with Gasteiger partial charge in [-0.3, -0.25) is 0 Å². The molecule has 78 valence electrons. The van der Waals surface area contributed by atoms with Crippen molar-refractivity contribution in [3.05, 3.63) is 32.5 Å². The predicted molar refractivity (Wildman–Crippen MR) is 47.7 cm³/mol. The van der Waals surface area contributed by atoms with Crippen LogP contribution < -0.4 is 5.48 Å². The van der Waals surface area contributed by atoms with E-state index < -0.39 is 29.0 Å². The van der Waals surface area contributed by atoms with Gasteiger partial charge in [0.15, 0.2) is 17.5 Å². The quantitative estimate of drug-likeness (QED) is 0.498. The lowest BCUT2D eigenvalue weighted by Crippen LogP contribution is -2.11. The van der Waals surface area contributed by atoms with E-state index in [0.717, 1.165) is 0 Å². The number of benzene rings is 1. The molecule has 1 aromatic rings. The molecule has 0 amide bonds. The van der Waals surface area contributed by atoms with Gasteiger partial charge in [-0.05, 0) is 15.9 Å². The van der Waals surface area contributed by atoms with Gasteiger partial charge in [-0.25, -0.2) is 18.7 Å². The molecule has 2 N–H and O–H groups in total. The number of hydroxylamine groups is 1. The van der Waals surface area contributed by atoms with Crippen LogP contribution >= 0.6 is 27.5 Å². The normalized spacial score (nSPS) is 10.7. The van der Waals surface area contributed by atoms with Crippen LogP contribution in [0, 0.1) is 17.5 Å². The highest BCUT2D eigenvalue weighted by Crippen LogP contribution is 2.32. The Morgan fingerprint density at radius 1 is 1.21 bits per heavy atom. The molecule has 0 saturated carbocycles. The first-order valence-corrected chi connectivity index (χ1v) is 4.55. The van der Waals surface area contributed by atoms with E-state index in [9.17, 15) is 13.2 Å². The average Bonchev–Trinajstić information content (AvgIpc) is 2.19. The van der Waals surface area contributed by atoms with Crippen LogP contribution in [-0.2, 0) is 6.54 Å². The Morgan fingerprint density at radius 3 is 2.29 bits per heavy atom. The fraction of sp³-hybridized carbons (Fsp3) is 0.143. The summed E-state index contributed by atoms with van der Waals surface area (Å²) >= 11 is 7.86. The second kappa shape index (κ2) is 4.48. The van der Waals surface area contributed by atoms with Crippen LogP contribution in [0.2, 0.25) is 5.02 Å². The van der Waals surface area contributed by atoms with Crippen LogP contribution in [0.5, 0.6) is 0 Å². The molecule has 0 aliphatic carbocycles. The Morgan fingerprint density at radius 2 is 1.79 bits per heavy atom. The van der Waals surface area contributed by atoms with E-state index in [1.165, 1.54) is 0 Å². The Bertz CT molecular complexity index is 345. The van der Waals surface area contributed by atoms with E-state index in [1.54, 1.807) is 5.48 Å². The van der Waals surface area contributed by atoms with Crippen molar-refractivity contribution >= 4 is 27.5 Å². The lowest BCUT2D eigenvalue weighted by molar-refractivity contribution is 0.159. The summed E-state index contributed by atoms with van der Waals surface area (Å²) in [5.41, 5.74) is 1.22. The maximum Gasteiger partial charge on any atom is 0.180 e. The number of nitrogens with one attached hydrogen (secondary N) is 1. The van der Waals surface area contributed by atoms with E-state index >= 15 is 0 Å². The Kier molecular flexibility index (Phi) is 3.77. The van der Waals surface area contributed by atoms with E-state index in [1.807, 2.05) is 0 Å². The molecule has 0 aliphatic heterocycles. The van der Waals surface area contributed by atoms with Gasteiger partial charge in [0.05, 0.1) is 11.0 Å². The second-order valence-corrected chi connectivity index (χ2v) is 3.55. The third-order valence-electron chi connectivity index (χ3n) is 1.56. The zero-order chi connectivity index (χ0) is 10.9. The maximum atomic E-state index is 13.1. The second-order valence-electron chi connectivity index (χ2n) is 2.38. The highest BCUT2D eigenvalue weighted by Gasteiger charge is 2.21. The molecule has 0 radical (unpaired) electrons. The summed E-state index contributed by atoms with van der Waals surface area (Å²) in [6, 6.07) is 0. The Balaban J connectivity index is 3.43. The van der Waals surface area contributed by atoms with E-state index in [-0.39, 0.29) is 10.0 Å². The maximum absolute atomic E-state index is 13.1. The van der Waals surface area contributed by atoms with Crippen molar-refractivity contribution in [2.75, 3.05) is 0 Å². The van der Waals surface area contributed by atoms with Crippen LogP contribution in [0.15, 0.2) is 4.47 Å². The molecular formula is C7H4BrClF3NO. The molecule has 0 aromatic heterocycles. The van der Waals surface area contributed by atoms with Gasteiger partial charge in [0, 0.05) is 5.56 Å². The number of hydrogen-bond acceptors (Lipinski definition) is 2. The van der Waals surface area contributed by atoms with Crippen molar-refractivity contribution in [3.63, 3.8) is 0 Å². The summed E-state index contributed by atoms with van der Waals surface area (Å²) in [5.74, 6) is -3.88.